The molecule has 0 aromatic carbocycles. The minimum absolute atomic E-state index is 0.516. The van der Waals surface area contributed by atoms with Crippen molar-refractivity contribution in [3.63, 3.8) is 0 Å². The summed E-state index contributed by atoms with van der Waals surface area (Å²) in [5.74, 6) is 0.947. The van der Waals surface area contributed by atoms with E-state index in [4.69, 9.17) is 16.6 Å². The van der Waals surface area contributed by atoms with E-state index in [2.05, 4.69) is 22.2 Å². The number of aromatic nitrogens is 3. The zero-order chi connectivity index (χ0) is 13.7. The van der Waals surface area contributed by atoms with Gasteiger partial charge in [-0.15, -0.1) is 0 Å². The summed E-state index contributed by atoms with van der Waals surface area (Å²) < 4.78 is 1.88. The number of hydrogen-bond acceptors (Lipinski definition) is 4. The van der Waals surface area contributed by atoms with Crippen molar-refractivity contribution in [2.75, 3.05) is 23.3 Å². The summed E-state index contributed by atoms with van der Waals surface area (Å²) in [5.41, 5.74) is 2.89. The molecule has 2 bridgehead atoms. The molecule has 2 aliphatic heterocycles. The molecule has 1 atom stereocenters. The number of nitrogens with zero attached hydrogens (tertiary/aromatic N) is 4. The highest BCUT2D eigenvalue weighted by molar-refractivity contribution is 6.33. The highest BCUT2D eigenvalue weighted by Gasteiger charge is 2.31. The molecule has 2 aromatic rings. The van der Waals surface area contributed by atoms with Crippen LogP contribution in [-0.2, 0) is 6.54 Å². The maximum Gasteiger partial charge on any atom is 0.150 e. The normalized spacial score (nSPS) is 19.9. The van der Waals surface area contributed by atoms with Crippen molar-refractivity contribution in [2.45, 2.75) is 25.9 Å². The third-order valence-corrected chi connectivity index (χ3v) is 4.34. The number of aryl methyl sites for hydroxylation is 1. The smallest absolute Gasteiger partial charge is 0.150 e. The minimum atomic E-state index is 0.516. The number of halogens is 1. The van der Waals surface area contributed by atoms with Gasteiger partial charge in [-0.05, 0) is 19.4 Å². The lowest BCUT2D eigenvalue weighted by atomic mass is 10.2. The van der Waals surface area contributed by atoms with Crippen LogP contribution >= 0.6 is 11.6 Å². The van der Waals surface area contributed by atoms with Gasteiger partial charge in [-0.2, -0.15) is 5.10 Å². The molecule has 0 saturated carbocycles. The molecular formula is C14H16ClN5. The lowest BCUT2D eigenvalue weighted by Crippen LogP contribution is -2.32. The third kappa shape index (κ3) is 1.77. The van der Waals surface area contributed by atoms with Crippen molar-refractivity contribution in [2.24, 2.45) is 0 Å². The lowest BCUT2D eigenvalue weighted by Gasteiger charge is -2.28. The van der Waals surface area contributed by atoms with Crippen LogP contribution in [0.1, 0.15) is 13.3 Å². The molecule has 0 radical (unpaired) electrons. The van der Waals surface area contributed by atoms with Crippen LogP contribution in [0.4, 0.5) is 11.5 Å². The van der Waals surface area contributed by atoms with Crippen molar-refractivity contribution in [1.82, 2.24) is 14.8 Å². The van der Waals surface area contributed by atoms with Crippen LogP contribution < -0.4 is 10.2 Å². The first-order valence-corrected chi connectivity index (χ1v) is 7.37. The summed E-state index contributed by atoms with van der Waals surface area (Å²) in [7, 11) is 0. The van der Waals surface area contributed by atoms with E-state index in [-0.39, 0.29) is 0 Å². The lowest BCUT2D eigenvalue weighted by molar-refractivity contribution is 0.660. The van der Waals surface area contributed by atoms with Crippen LogP contribution in [0.3, 0.4) is 0 Å². The molecular weight excluding hydrogens is 274 g/mol. The second-order valence-corrected chi connectivity index (χ2v) is 5.75. The Labute approximate surface area is 122 Å². The molecule has 1 fully saturated rings. The van der Waals surface area contributed by atoms with E-state index in [0.717, 1.165) is 48.8 Å². The highest BCUT2D eigenvalue weighted by Crippen LogP contribution is 2.39. The molecule has 2 aliphatic rings. The first-order valence-electron chi connectivity index (χ1n) is 6.99. The molecule has 6 heteroatoms. The van der Waals surface area contributed by atoms with Gasteiger partial charge in [0.25, 0.3) is 0 Å². The summed E-state index contributed by atoms with van der Waals surface area (Å²) in [4.78, 5) is 7.09. The SMILES string of the molecule is CCn1cc(-c2nc3c(cc2Cl)N2CC[C@@H](C2)N3)cn1. The number of pyridine rings is 1. The van der Waals surface area contributed by atoms with Gasteiger partial charge in [-0.3, -0.25) is 4.68 Å². The Morgan fingerprint density at radius 1 is 1.50 bits per heavy atom. The van der Waals surface area contributed by atoms with Gasteiger partial charge in [0.1, 0.15) is 0 Å². The number of fused-ring (bicyclic) bond motifs is 4. The van der Waals surface area contributed by atoms with Crippen LogP contribution in [-0.4, -0.2) is 33.9 Å². The molecule has 0 amide bonds. The largest absolute Gasteiger partial charge is 0.366 e. The van der Waals surface area contributed by atoms with E-state index in [9.17, 15) is 0 Å². The third-order valence-electron chi connectivity index (χ3n) is 4.06. The Hall–Kier alpha value is -1.75. The van der Waals surface area contributed by atoms with Crippen LogP contribution in [0.5, 0.6) is 0 Å². The second kappa shape index (κ2) is 4.38. The van der Waals surface area contributed by atoms with Gasteiger partial charge in [-0.1, -0.05) is 11.6 Å². The van der Waals surface area contributed by atoms with Gasteiger partial charge in [0.2, 0.25) is 0 Å². The Balaban J connectivity index is 1.80. The minimum Gasteiger partial charge on any atom is -0.366 e. The van der Waals surface area contributed by atoms with Gasteiger partial charge < -0.3 is 10.2 Å². The molecule has 5 nitrogen and oxygen atoms in total. The van der Waals surface area contributed by atoms with Crippen molar-refractivity contribution in [1.29, 1.82) is 0 Å². The maximum atomic E-state index is 6.43. The van der Waals surface area contributed by atoms with E-state index in [1.54, 1.807) is 0 Å². The van der Waals surface area contributed by atoms with Crippen LogP contribution in [0.15, 0.2) is 18.5 Å². The summed E-state index contributed by atoms with van der Waals surface area (Å²) in [5, 5.41) is 8.49. The Kier molecular flexibility index (Phi) is 2.63. The maximum absolute atomic E-state index is 6.43. The van der Waals surface area contributed by atoms with Gasteiger partial charge in [0, 0.05) is 37.4 Å². The second-order valence-electron chi connectivity index (χ2n) is 5.35. The number of rotatable bonds is 2. The Morgan fingerprint density at radius 2 is 2.40 bits per heavy atom. The van der Waals surface area contributed by atoms with Crippen molar-refractivity contribution in [3.8, 4) is 11.3 Å². The number of anilines is 2. The quantitative estimate of drug-likeness (QED) is 0.923. The van der Waals surface area contributed by atoms with E-state index in [1.807, 2.05) is 23.1 Å². The molecule has 4 heterocycles. The fourth-order valence-corrected chi connectivity index (χ4v) is 3.23. The highest BCUT2D eigenvalue weighted by atomic mass is 35.5. The van der Waals surface area contributed by atoms with Crippen molar-refractivity contribution in [3.05, 3.63) is 23.5 Å². The van der Waals surface area contributed by atoms with Gasteiger partial charge in [0.05, 0.1) is 22.6 Å². The van der Waals surface area contributed by atoms with Gasteiger partial charge >= 0.3 is 0 Å². The first-order chi connectivity index (χ1) is 9.74. The standard InChI is InChI=1S/C14H16ClN5/c1-2-20-7-9(6-16-20)13-11(15)5-12-14(18-13)17-10-3-4-19(12)8-10/h5-7,10H,2-4,8H2,1H3,(H,17,18)/t10-/m0/s1. The molecule has 4 rings (SSSR count). The number of nitrogens with one attached hydrogen (secondary N) is 1. The molecule has 0 aliphatic carbocycles. The van der Waals surface area contributed by atoms with Crippen LogP contribution in [0, 0.1) is 0 Å². The van der Waals surface area contributed by atoms with Crippen LogP contribution in [0.25, 0.3) is 11.3 Å². The molecule has 0 spiro atoms. The Bertz CT molecular complexity index is 666. The summed E-state index contributed by atoms with van der Waals surface area (Å²) in [6.07, 6.45) is 4.97. The zero-order valence-electron chi connectivity index (χ0n) is 11.3. The van der Waals surface area contributed by atoms with E-state index in [0.29, 0.717) is 11.1 Å². The first kappa shape index (κ1) is 12.0. The average Bonchev–Trinajstić information content (AvgIpc) is 3.07. The fraction of sp³-hybridized carbons (Fsp3) is 0.429. The summed E-state index contributed by atoms with van der Waals surface area (Å²) in [6, 6.07) is 2.54. The van der Waals surface area contributed by atoms with Gasteiger partial charge in [-0.25, -0.2) is 4.98 Å². The van der Waals surface area contributed by atoms with E-state index < -0.39 is 0 Å². The molecule has 1 saturated heterocycles. The summed E-state index contributed by atoms with van der Waals surface area (Å²) in [6.45, 7) is 5.04. The summed E-state index contributed by atoms with van der Waals surface area (Å²) >= 11 is 6.43. The molecule has 2 aromatic heterocycles. The molecule has 0 unspecified atom stereocenters. The van der Waals surface area contributed by atoms with Crippen molar-refractivity contribution < 1.29 is 0 Å². The van der Waals surface area contributed by atoms with Crippen LogP contribution in [0.2, 0.25) is 5.02 Å². The monoisotopic (exact) mass is 289 g/mol. The zero-order valence-corrected chi connectivity index (χ0v) is 12.1. The van der Waals surface area contributed by atoms with E-state index in [1.165, 1.54) is 0 Å². The molecule has 20 heavy (non-hydrogen) atoms. The van der Waals surface area contributed by atoms with Crippen molar-refractivity contribution >= 4 is 23.1 Å². The number of hydrogen-bond donors (Lipinski definition) is 1. The average molecular weight is 290 g/mol. The fourth-order valence-electron chi connectivity index (χ4n) is 2.98. The van der Waals surface area contributed by atoms with Gasteiger partial charge in [0.15, 0.2) is 5.82 Å². The Morgan fingerprint density at radius 3 is 3.20 bits per heavy atom. The predicted octanol–water partition coefficient (Wildman–Crippen LogP) is 2.62. The molecule has 1 N–H and O–H groups in total. The predicted molar refractivity (Wildman–Crippen MR) is 80.4 cm³/mol. The molecule has 104 valence electrons. The van der Waals surface area contributed by atoms with E-state index >= 15 is 0 Å². The topological polar surface area (TPSA) is 46.0 Å².